The number of nitrogens with zero attached hydrogens (tertiary/aromatic N) is 2. The van der Waals surface area contributed by atoms with Crippen molar-refractivity contribution in [1.29, 1.82) is 0 Å². The zero-order valence-electron chi connectivity index (χ0n) is 13.3. The number of fused-ring (bicyclic) bond motifs is 1. The minimum absolute atomic E-state index is 0.489. The molecule has 1 N–H and O–H groups in total. The molecule has 112 valence electrons. The van der Waals surface area contributed by atoms with Crippen LogP contribution < -0.4 is 10.2 Å². The lowest BCUT2D eigenvalue weighted by molar-refractivity contribution is 0.590. The highest BCUT2D eigenvalue weighted by Crippen LogP contribution is 2.30. The van der Waals surface area contributed by atoms with Crippen LogP contribution in [-0.4, -0.2) is 24.1 Å². The van der Waals surface area contributed by atoms with Gasteiger partial charge in [-0.3, -0.25) is 0 Å². The SMILES string of the molecule is CC1CCN(c2ncc(CNC(C)C)c3ccccc23)C1. The number of nitrogens with one attached hydrogen (secondary N) is 1. The molecule has 0 spiro atoms. The average Bonchev–Trinajstić information content (AvgIpc) is 2.91. The Morgan fingerprint density at radius 1 is 1.29 bits per heavy atom. The molecule has 1 atom stereocenters. The van der Waals surface area contributed by atoms with Gasteiger partial charge in [-0.25, -0.2) is 4.98 Å². The summed E-state index contributed by atoms with van der Waals surface area (Å²) >= 11 is 0. The fourth-order valence-electron chi connectivity index (χ4n) is 3.07. The van der Waals surface area contributed by atoms with Gasteiger partial charge in [0.05, 0.1) is 0 Å². The molecule has 3 heteroatoms. The molecule has 1 fully saturated rings. The lowest BCUT2D eigenvalue weighted by Crippen LogP contribution is -2.23. The van der Waals surface area contributed by atoms with Crippen LogP contribution in [0.5, 0.6) is 0 Å². The minimum Gasteiger partial charge on any atom is -0.356 e. The number of pyridine rings is 1. The van der Waals surface area contributed by atoms with E-state index in [1.807, 2.05) is 0 Å². The van der Waals surface area contributed by atoms with Gasteiger partial charge in [0, 0.05) is 37.3 Å². The number of benzene rings is 1. The zero-order chi connectivity index (χ0) is 14.8. The molecule has 1 aromatic carbocycles. The van der Waals surface area contributed by atoms with Crippen LogP contribution in [0.15, 0.2) is 30.5 Å². The Balaban J connectivity index is 1.98. The zero-order valence-corrected chi connectivity index (χ0v) is 13.3. The van der Waals surface area contributed by atoms with Crippen LogP contribution in [0.3, 0.4) is 0 Å². The first-order valence-corrected chi connectivity index (χ1v) is 8.00. The molecule has 0 amide bonds. The molecule has 1 saturated heterocycles. The van der Waals surface area contributed by atoms with Crippen molar-refractivity contribution >= 4 is 16.6 Å². The van der Waals surface area contributed by atoms with Gasteiger partial charge in [-0.15, -0.1) is 0 Å². The summed E-state index contributed by atoms with van der Waals surface area (Å²) in [6.07, 6.45) is 3.32. The number of hydrogen-bond acceptors (Lipinski definition) is 3. The Morgan fingerprint density at radius 2 is 2.05 bits per heavy atom. The van der Waals surface area contributed by atoms with Crippen molar-refractivity contribution in [2.24, 2.45) is 5.92 Å². The second kappa shape index (κ2) is 6.02. The van der Waals surface area contributed by atoms with Gasteiger partial charge < -0.3 is 10.2 Å². The fraction of sp³-hybridized carbons (Fsp3) is 0.500. The van der Waals surface area contributed by atoms with E-state index in [1.165, 1.54) is 22.8 Å². The second-order valence-corrected chi connectivity index (χ2v) is 6.53. The fourth-order valence-corrected chi connectivity index (χ4v) is 3.07. The Morgan fingerprint density at radius 3 is 2.71 bits per heavy atom. The third-order valence-corrected chi connectivity index (χ3v) is 4.28. The number of aromatic nitrogens is 1. The Hall–Kier alpha value is -1.61. The maximum atomic E-state index is 4.79. The van der Waals surface area contributed by atoms with Gasteiger partial charge in [-0.1, -0.05) is 45.0 Å². The first-order chi connectivity index (χ1) is 10.1. The summed E-state index contributed by atoms with van der Waals surface area (Å²) in [4.78, 5) is 7.22. The molecule has 3 rings (SSSR count). The van der Waals surface area contributed by atoms with E-state index >= 15 is 0 Å². The lowest BCUT2D eigenvalue weighted by atomic mass is 10.1. The number of rotatable bonds is 4. The van der Waals surface area contributed by atoms with Gasteiger partial charge in [-0.05, 0) is 23.3 Å². The van der Waals surface area contributed by atoms with Crippen molar-refractivity contribution in [1.82, 2.24) is 10.3 Å². The van der Waals surface area contributed by atoms with E-state index < -0.39 is 0 Å². The maximum Gasteiger partial charge on any atom is 0.136 e. The molecule has 3 nitrogen and oxygen atoms in total. The smallest absolute Gasteiger partial charge is 0.136 e. The van der Waals surface area contributed by atoms with Crippen LogP contribution in [0.2, 0.25) is 0 Å². The first-order valence-electron chi connectivity index (χ1n) is 8.00. The molecular weight excluding hydrogens is 258 g/mol. The Kier molecular flexibility index (Phi) is 4.11. The molecule has 21 heavy (non-hydrogen) atoms. The Bertz CT molecular complexity index is 621. The van der Waals surface area contributed by atoms with Gasteiger partial charge in [0.15, 0.2) is 0 Å². The standard InChI is InChI=1S/C18H25N3/c1-13(2)19-10-15-11-20-18(21-9-8-14(3)12-21)17-7-5-4-6-16(15)17/h4-7,11,13-14,19H,8-10,12H2,1-3H3. The highest BCUT2D eigenvalue weighted by atomic mass is 15.2. The van der Waals surface area contributed by atoms with Crippen molar-refractivity contribution in [2.75, 3.05) is 18.0 Å². The van der Waals surface area contributed by atoms with E-state index in [9.17, 15) is 0 Å². The van der Waals surface area contributed by atoms with Gasteiger partial charge >= 0.3 is 0 Å². The van der Waals surface area contributed by atoms with Crippen LogP contribution >= 0.6 is 0 Å². The topological polar surface area (TPSA) is 28.2 Å². The third kappa shape index (κ3) is 3.03. The summed E-state index contributed by atoms with van der Waals surface area (Å²) in [5.41, 5.74) is 1.29. The summed E-state index contributed by atoms with van der Waals surface area (Å²) in [7, 11) is 0. The summed E-state index contributed by atoms with van der Waals surface area (Å²) in [5, 5.41) is 6.11. The van der Waals surface area contributed by atoms with Crippen molar-refractivity contribution in [3.05, 3.63) is 36.0 Å². The van der Waals surface area contributed by atoms with E-state index in [4.69, 9.17) is 4.98 Å². The van der Waals surface area contributed by atoms with Gasteiger partial charge in [0.25, 0.3) is 0 Å². The van der Waals surface area contributed by atoms with Crippen molar-refractivity contribution in [2.45, 2.75) is 39.8 Å². The molecule has 1 unspecified atom stereocenters. The summed E-state index contributed by atoms with van der Waals surface area (Å²) in [6, 6.07) is 9.16. The molecule has 0 aliphatic carbocycles. The predicted octanol–water partition coefficient (Wildman–Crippen LogP) is 3.58. The van der Waals surface area contributed by atoms with Gasteiger partial charge in [-0.2, -0.15) is 0 Å². The summed E-state index contributed by atoms with van der Waals surface area (Å²) < 4.78 is 0. The third-order valence-electron chi connectivity index (χ3n) is 4.28. The van der Waals surface area contributed by atoms with Crippen LogP contribution in [0.1, 0.15) is 32.8 Å². The lowest BCUT2D eigenvalue weighted by Gasteiger charge is -2.20. The monoisotopic (exact) mass is 283 g/mol. The minimum atomic E-state index is 0.489. The van der Waals surface area contributed by atoms with E-state index in [2.05, 4.69) is 61.5 Å². The molecule has 1 aliphatic rings. The number of anilines is 1. The highest BCUT2D eigenvalue weighted by Gasteiger charge is 2.21. The summed E-state index contributed by atoms with van der Waals surface area (Å²) in [5.74, 6) is 1.93. The summed E-state index contributed by atoms with van der Waals surface area (Å²) in [6.45, 7) is 9.80. The van der Waals surface area contributed by atoms with E-state index in [-0.39, 0.29) is 0 Å². The molecule has 0 saturated carbocycles. The normalized spacial score (nSPS) is 18.9. The van der Waals surface area contributed by atoms with Crippen molar-refractivity contribution in [3.63, 3.8) is 0 Å². The maximum absolute atomic E-state index is 4.79. The van der Waals surface area contributed by atoms with Crippen LogP contribution in [0.4, 0.5) is 5.82 Å². The molecule has 2 heterocycles. The van der Waals surface area contributed by atoms with Crippen molar-refractivity contribution < 1.29 is 0 Å². The molecule has 1 aliphatic heterocycles. The Labute approximate surface area is 127 Å². The molecule has 0 bridgehead atoms. The quantitative estimate of drug-likeness (QED) is 0.929. The van der Waals surface area contributed by atoms with Gasteiger partial charge in [0.2, 0.25) is 0 Å². The largest absolute Gasteiger partial charge is 0.356 e. The van der Waals surface area contributed by atoms with E-state index in [1.54, 1.807) is 0 Å². The first kappa shape index (κ1) is 14.3. The van der Waals surface area contributed by atoms with E-state index in [0.29, 0.717) is 6.04 Å². The number of hydrogen-bond donors (Lipinski definition) is 1. The molecular formula is C18H25N3. The molecule has 1 aromatic heterocycles. The van der Waals surface area contributed by atoms with Crippen LogP contribution in [0, 0.1) is 5.92 Å². The highest BCUT2D eigenvalue weighted by molar-refractivity contribution is 5.94. The molecule has 2 aromatic rings. The van der Waals surface area contributed by atoms with Gasteiger partial charge in [0.1, 0.15) is 5.82 Å². The molecule has 0 radical (unpaired) electrons. The van der Waals surface area contributed by atoms with Crippen LogP contribution in [0.25, 0.3) is 10.8 Å². The van der Waals surface area contributed by atoms with E-state index in [0.717, 1.165) is 31.4 Å². The van der Waals surface area contributed by atoms with Crippen molar-refractivity contribution in [3.8, 4) is 0 Å². The average molecular weight is 283 g/mol. The second-order valence-electron chi connectivity index (χ2n) is 6.53. The van der Waals surface area contributed by atoms with Crippen LogP contribution in [-0.2, 0) is 6.54 Å². The predicted molar refractivity (Wildman–Crippen MR) is 89.7 cm³/mol.